The standard InChI is InChI=1S/C14H30NO7P/c1-9(2)20-14-12(8-19-23(16,17)22-10(3)4)21-11(5)13(14)18-7-6-15/h9-14H,6-8,15H2,1-5H3,(H,16,17)/t11-,12+,13+,14?/m0/s1. The van der Waals surface area contributed by atoms with Crippen molar-refractivity contribution < 1.29 is 32.7 Å². The zero-order chi connectivity index (χ0) is 17.6. The third kappa shape index (κ3) is 7.15. The summed E-state index contributed by atoms with van der Waals surface area (Å²) in [6.07, 6.45) is -1.94. The Kier molecular flexibility index (Phi) is 8.61. The molecule has 138 valence electrons. The Morgan fingerprint density at radius 2 is 1.87 bits per heavy atom. The molecule has 23 heavy (non-hydrogen) atoms. The summed E-state index contributed by atoms with van der Waals surface area (Å²) in [4.78, 5) is 9.65. The summed E-state index contributed by atoms with van der Waals surface area (Å²) in [5, 5.41) is 0. The quantitative estimate of drug-likeness (QED) is 0.567. The van der Waals surface area contributed by atoms with E-state index < -0.39 is 26.1 Å². The Bertz CT molecular complexity index is 393. The van der Waals surface area contributed by atoms with Crippen LogP contribution in [-0.2, 0) is 27.8 Å². The monoisotopic (exact) mass is 355 g/mol. The summed E-state index contributed by atoms with van der Waals surface area (Å²) in [6.45, 7) is 9.64. The first-order valence-corrected chi connectivity index (χ1v) is 9.44. The van der Waals surface area contributed by atoms with Gasteiger partial charge in [0.2, 0.25) is 0 Å². The van der Waals surface area contributed by atoms with Crippen LogP contribution in [0.15, 0.2) is 0 Å². The highest BCUT2D eigenvalue weighted by molar-refractivity contribution is 7.47. The van der Waals surface area contributed by atoms with Crippen molar-refractivity contribution in [2.24, 2.45) is 5.73 Å². The van der Waals surface area contributed by atoms with Crippen LogP contribution in [0.5, 0.6) is 0 Å². The lowest BCUT2D eigenvalue weighted by Gasteiger charge is -2.26. The maximum Gasteiger partial charge on any atom is 0.472 e. The van der Waals surface area contributed by atoms with E-state index in [1.165, 1.54) is 0 Å². The van der Waals surface area contributed by atoms with Gasteiger partial charge in [0.25, 0.3) is 0 Å². The van der Waals surface area contributed by atoms with Crippen molar-refractivity contribution in [3.05, 3.63) is 0 Å². The summed E-state index contributed by atoms with van der Waals surface area (Å²) in [5.74, 6) is 0. The molecule has 0 aromatic heterocycles. The molecule has 1 aliphatic rings. The van der Waals surface area contributed by atoms with E-state index in [1.54, 1.807) is 13.8 Å². The van der Waals surface area contributed by atoms with E-state index in [1.807, 2.05) is 20.8 Å². The van der Waals surface area contributed by atoms with Gasteiger partial charge in [-0.05, 0) is 34.6 Å². The molecule has 0 radical (unpaired) electrons. The first-order chi connectivity index (χ1) is 10.7. The number of hydrogen-bond donors (Lipinski definition) is 2. The van der Waals surface area contributed by atoms with Crippen LogP contribution >= 0.6 is 7.82 Å². The van der Waals surface area contributed by atoms with E-state index in [4.69, 9.17) is 29.0 Å². The van der Waals surface area contributed by atoms with Crippen LogP contribution in [0.4, 0.5) is 0 Å². The van der Waals surface area contributed by atoms with Gasteiger partial charge in [0, 0.05) is 6.54 Å². The fourth-order valence-corrected chi connectivity index (χ4v) is 3.35. The Morgan fingerprint density at radius 1 is 1.22 bits per heavy atom. The van der Waals surface area contributed by atoms with Crippen molar-refractivity contribution in [1.29, 1.82) is 0 Å². The molecule has 0 aliphatic carbocycles. The van der Waals surface area contributed by atoms with Crippen LogP contribution < -0.4 is 5.73 Å². The van der Waals surface area contributed by atoms with Crippen molar-refractivity contribution in [3.63, 3.8) is 0 Å². The second-order valence-electron chi connectivity index (χ2n) is 6.07. The predicted molar refractivity (Wildman–Crippen MR) is 85.1 cm³/mol. The fourth-order valence-electron chi connectivity index (χ4n) is 2.42. The van der Waals surface area contributed by atoms with E-state index in [9.17, 15) is 9.46 Å². The van der Waals surface area contributed by atoms with Gasteiger partial charge in [0.15, 0.2) is 0 Å². The number of hydrogen-bond acceptors (Lipinski definition) is 7. The molecule has 1 heterocycles. The van der Waals surface area contributed by atoms with Gasteiger partial charge in [-0.2, -0.15) is 0 Å². The fraction of sp³-hybridized carbons (Fsp3) is 1.00. The zero-order valence-electron chi connectivity index (χ0n) is 14.5. The molecule has 0 saturated carbocycles. The minimum Gasteiger partial charge on any atom is -0.371 e. The molecule has 0 aromatic rings. The third-order valence-electron chi connectivity index (χ3n) is 3.15. The summed E-state index contributed by atoms with van der Waals surface area (Å²) in [7, 11) is -4.12. The summed E-state index contributed by atoms with van der Waals surface area (Å²) >= 11 is 0. The maximum atomic E-state index is 11.8. The first kappa shape index (κ1) is 21.0. The van der Waals surface area contributed by atoms with Crippen molar-refractivity contribution in [1.82, 2.24) is 0 Å². The van der Waals surface area contributed by atoms with Crippen LogP contribution in [0.3, 0.4) is 0 Å². The molecule has 9 heteroatoms. The summed E-state index contributed by atoms with van der Waals surface area (Å²) < 4.78 is 39.1. The topological polar surface area (TPSA) is 109 Å². The Hall–Kier alpha value is -0.0500. The molecule has 8 nitrogen and oxygen atoms in total. The van der Waals surface area contributed by atoms with E-state index in [-0.39, 0.29) is 24.9 Å². The van der Waals surface area contributed by atoms with E-state index >= 15 is 0 Å². The summed E-state index contributed by atoms with van der Waals surface area (Å²) in [5.41, 5.74) is 5.48. The molecule has 1 rings (SSSR count). The molecular formula is C14H30NO7P. The summed E-state index contributed by atoms with van der Waals surface area (Å²) in [6, 6.07) is 0. The number of phosphoric acid groups is 1. The van der Waals surface area contributed by atoms with Gasteiger partial charge in [-0.1, -0.05) is 0 Å². The molecule has 3 N–H and O–H groups in total. The van der Waals surface area contributed by atoms with Crippen LogP contribution in [0.2, 0.25) is 0 Å². The molecule has 1 aliphatic heterocycles. The van der Waals surface area contributed by atoms with Crippen molar-refractivity contribution >= 4 is 7.82 Å². The average Bonchev–Trinajstić information content (AvgIpc) is 2.68. The average molecular weight is 355 g/mol. The minimum atomic E-state index is -4.12. The van der Waals surface area contributed by atoms with Gasteiger partial charge in [-0.3, -0.25) is 9.05 Å². The SMILES string of the molecule is CC(C)OC1[C@@H](COP(=O)(O)OC(C)C)O[C@@H](C)[C@H]1OCCN. The molecule has 0 bridgehead atoms. The normalized spacial score (nSPS) is 31.0. The maximum absolute atomic E-state index is 11.8. The van der Waals surface area contributed by atoms with E-state index in [0.717, 1.165) is 0 Å². The van der Waals surface area contributed by atoms with Gasteiger partial charge >= 0.3 is 7.82 Å². The molecule has 1 saturated heterocycles. The number of phosphoric ester groups is 1. The van der Waals surface area contributed by atoms with Crippen LogP contribution in [-0.4, -0.2) is 61.3 Å². The largest absolute Gasteiger partial charge is 0.472 e. The van der Waals surface area contributed by atoms with Gasteiger partial charge in [0.05, 0.1) is 31.5 Å². The van der Waals surface area contributed by atoms with Crippen LogP contribution in [0.25, 0.3) is 0 Å². The van der Waals surface area contributed by atoms with Crippen LogP contribution in [0, 0.1) is 0 Å². The molecular weight excluding hydrogens is 325 g/mol. The highest BCUT2D eigenvalue weighted by atomic mass is 31.2. The second kappa shape index (κ2) is 9.44. The van der Waals surface area contributed by atoms with Crippen molar-refractivity contribution in [2.75, 3.05) is 19.8 Å². The predicted octanol–water partition coefficient (Wildman–Crippen LogP) is 1.45. The molecule has 0 spiro atoms. The van der Waals surface area contributed by atoms with Crippen molar-refractivity contribution in [3.8, 4) is 0 Å². The van der Waals surface area contributed by atoms with E-state index in [0.29, 0.717) is 13.2 Å². The van der Waals surface area contributed by atoms with Gasteiger partial charge < -0.3 is 24.8 Å². The van der Waals surface area contributed by atoms with Gasteiger partial charge in [-0.25, -0.2) is 4.57 Å². The van der Waals surface area contributed by atoms with E-state index in [2.05, 4.69) is 0 Å². The number of rotatable bonds is 10. The highest BCUT2D eigenvalue weighted by Gasteiger charge is 2.45. The lowest BCUT2D eigenvalue weighted by molar-refractivity contribution is -0.0919. The smallest absolute Gasteiger partial charge is 0.371 e. The zero-order valence-corrected chi connectivity index (χ0v) is 15.4. The third-order valence-corrected chi connectivity index (χ3v) is 4.31. The molecule has 0 amide bonds. The van der Waals surface area contributed by atoms with Gasteiger partial charge in [0.1, 0.15) is 18.3 Å². The highest BCUT2D eigenvalue weighted by Crippen LogP contribution is 2.45. The first-order valence-electron chi connectivity index (χ1n) is 7.94. The second-order valence-corrected chi connectivity index (χ2v) is 7.48. The Labute approximate surface area is 138 Å². The minimum absolute atomic E-state index is 0.0479. The van der Waals surface area contributed by atoms with Crippen molar-refractivity contribution in [2.45, 2.75) is 71.2 Å². The van der Waals surface area contributed by atoms with Gasteiger partial charge in [-0.15, -0.1) is 0 Å². The lowest BCUT2D eigenvalue weighted by Crippen LogP contribution is -2.40. The lowest BCUT2D eigenvalue weighted by atomic mass is 10.1. The molecule has 0 aromatic carbocycles. The number of ether oxygens (including phenoxy) is 3. The van der Waals surface area contributed by atoms with Crippen LogP contribution in [0.1, 0.15) is 34.6 Å². The number of nitrogens with two attached hydrogens (primary N) is 1. The Balaban J connectivity index is 2.69. The molecule has 5 atom stereocenters. The molecule has 2 unspecified atom stereocenters. The Morgan fingerprint density at radius 3 is 2.39 bits per heavy atom. The molecule has 1 fully saturated rings.